The van der Waals surface area contributed by atoms with E-state index in [2.05, 4.69) is 0 Å². The van der Waals surface area contributed by atoms with E-state index in [4.69, 9.17) is 0 Å². The third-order valence-corrected chi connectivity index (χ3v) is 2.67. The first-order valence-corrected chi connectivity index (χ1v) is 5.54. The molecule has 0 aromatic heterocycles. The molecule has 1 aromatic rings. The molecule has 0 unspecified atom stereocenters. The fourth-order valence-corrected chi connectivity index (χ4v) is 1.97. The molecule has 0 bridgehead atoms. The number of hydrogen-bond donors (Lipinski definition) is 2. The number of nitrogens with zero attached hydrogens (tertiary/aromatic N) is 1. The number of amides is 1. The Labute approximate surface area is 101 Å². The summed E-state index contributed by atoms with van der Waals surface area (Å²) in [5.41, 5.74) is 0.291. The van der Waals surface area contributed by atoms with Crippen LogP contribution in [0.25, 0.3) is 0 Å². The van der Waals surface area contributed by atoms with Crippen molar-refractivity contribution in [3.8, 4) is 5.75 Å². The van der Waals surface area contributed by atoms with Crippen molar-refractivity contribution >= 4 is 6.09 Å². The predicted octanol–water partition coefficient (Wildman–Crippen LogP) is 3.23. The fourth-order valence-electron chi connectivity index (χ4n) is 1.97. The summed E-state index contributed by atoms with van der Waals surface area (Å²) in [5, 5.41) is 18.7. The van der Waals surface area contributed by atoms with Crippen LogP contribution in [0.1, 0.15) is 39.3 Å². The molecule has 0 saturated heterocycles. The molecule has 4 heteroatoms. The van der Waals surface area contributed by atoms with Crippen molar-refractivity contribution in [1.29, 1.82) is 0 Å². The molecule has 2 N–H and O–H groups in total. The highest BCUT2D eigenvalue weighted by Crippen LogP contribution is 2.29. The molecule has 0 aliphatic rings. The van der Waals surface area contributed by atoms with E-state index in [0.717, 1.165) is 5.56 Å². The number of rotatable bonds is 2. The van der Waals surface area contributed by atoms with Crippen LogP contribution in [0.5, 0.6) is 5.75 Å². The molecule has 1 aromatic carbocycles. The number of aromatic hydroxyl groups is 1. The average molecular weight is 237 g/mol. The van der Waals surface area contributed by atoms with Gasteiger partial charge in [0, 0.05) is 5.54 Å². The van der Waals surface area contributed by atoms with Crippen LogP contribution in [0, 0.1) is 0 Å². The molecule has 0 spiro atoms. The Kier molecular flexibility index (Phi) is 3.66. The van der Waals surface area contributed by atoms with Crippen molar-refractivity contribution in [2.24, 2.45) is 0 Å². The Bertz CT molecular complexity index is 409. The van der Waals surface area contributed by atoms with Gasteiger partial charge in [0.25, 0.3) is 0 Å². The summed E-state index contributed by atoms with van der Waals surface area (Å²) in [6, 6.07) is 6.38. The second kappa shape index (κ2) is 4.65. The number of phenols is 1. The molecule has 1 amide bonds. The Hall–Kier alpha value is -1.71. The summed E-state index contributed by atoms with van der Waals surface area (Å²) in [4.78, 5) is 12.7. The van der Waals surface area contributed by atoms with Crippen molar-refractivity contribution < 1.29 is 15.0 Å². The highest BCUT2D eigenvalue weighted by atomic mass is 16.4. The quantitative estimate of drug-likeness (QED) is 0.830. The standard InChI is InChI=1S/C13H19NO3/c1-9(10-6-5-7-11(15)8-10)14(12(16)17)13(2,3)4/h5-9,15H,1-4H3,(H,16,17)/t9-/m1/s1. The van der Waals surface area contributed by atoms with Crippen LogP contribution in [-0.2, 0) is 0 Å². The molecular formula is C13H19NO3. The normalized spacial score (nSPS) is 13.2. The molecule has 0 radical (unpaired) electrons. The lowest BCUT2D eigenvalue weighted by Crippen LogP contribution is -2.46. The zero-order chi connectivity index (χ0) is 13.2. The van der Waals surface area contributed by atoms with E-state index < -0.39 is 11.6 Å². The maximum Gasteiger partial charge on any atom is 0.408 e. The molecule has 1 rings (SSSR count). The minimum Gasteiger partial charge on any atom is -0.508 e. The minimum atomic E-state index is -0.964. The van der Waals surface area contributed by atoms with Gasteiger partial charge in [-0.15, -0.1) is 0 Å². The van der Waals surface area contributed by atoms with Gasteiger partial charge in [0.05, 0.1) is 6.04 Å². The molecule has 0 fully saturated rings. The number of hydrogen-bond acceptors (Lipinski definition) is 2. The van der Waals surface area contributed by atoms with E-state index in [1.807, 2.05) is 33.8 Å². The Morgan fingerprint density at radius 3 is 2.35 bits per heavy atom. The summed E-state index contributed by atoms with van der Waals surface area (Å²) in [6.07, 6.45) is -0.964. The predicted molar refractivity (Wildman–Crippen MR) is 66.1 cm³/mol. The first kappa shape index (κ1) is 13.4. The summed E-state index contributed by atoms with van der Waals surface area (Å²) in [7, 11) is 0. The second-order valence-electron chi connectivity index (χ2n) is 5.09. The molecule has 0 heterocycles. The van der Waals surface area contributed by atoms with Gasteiger partial charge in [-0.1, -0.05) is 12.1 Å². The van der Waals surface area contributed by atoms with Crippen LogP contribution in [0.4, 0.5) is 4.79 Å². The van der Waals surface area contributed by atoms with E-state index in [0.29, 0.717) is 0 Å². The third kappa shape index (κ3) is 3.12. The number of phenolic OH excluding ortho intramolecular Hbond substituents is 1. The SMILES string of the molecule is C[C@H](c1cccc(O)c1)N(C(=O)O)C(C)(C)C. The molecule has 1 atom stereocenters. The Balaban J connectivity index is 3.09. The van der Waals surface area contributed by atoms with Crippen molar-refractivity contribution in [1.82, 2.24) is 4.90 Å². The lowest BCUT2D eigenvalue weighted by Gasteiger charge is -2.38. The number of carboxylic acid groups (broad SMARTS) is 1. The van der Waals surface area contributed by atoms with Gasteiger partial charge in [0.1, 0.15) is 5.75 Å². The van der Waals surface area contributed by atoms with Gasteiger partial charge >= 0.3 is 6.09 Å². The molecule has 4 nitrogen and oxygen atoms in total. The zero-order valence-electron chi connectivity index (χ0n) is 10.6. The van der Waals surface area contributed by atoms with Crippen molar-refractivity contribution in [2.45, 2.75) is 39.3 Å². The average Bonchev–Trinajstić information content (AvgIpc) is 2.14. The first-order chi connectivity index (χ1) is 7.73. The maximum absolute atomic E-state index is 11.3. The molecular weight excluding hydrogens is 218 g/mol. The van der Waals surface area contributed by atoms with Gasteiger partial charge in [-0.2, -0.15) is 0 Å². The van der Waals surface area contributed by atoms with Crippen molar-refractivity contribution in [2.75, 3.05) is 0 Å². The van der Waals surface area contributed by atoms with Gasteiger partial charge in [0.15, 0.2) is 0 Å². The molecule has 17 heavy (non-hydrogen) atoms. The van der Waals surface area contributed by atoms with Crippen LogP contribution in [0.15, 0.2) is 24.3 Å². The van der Waals surface area contributed by atoms with Gasteiger partial charge < -0.3 is 10.2 Å². The highest BCUT2D eigenvalue weighted by molar-refractivity contribution is 5.66. The second-order valence-corrected chi connectivity index (χ2v) is 5.09. The van der Waals surface area contributed by atoms with E-state index in [1.54, 1.807) is 18.2 Å². The minimum absolute atomic E-state index is 0.147. The largest absolute Gasteiger partial charge is 0.508 e. The smallest absolute Gasteiger partial charge is 0.408 e. The van der Waals surface area contributed by atoms with Gasteiger partial charge in [0.2, 0.25) is 0 Å². The Morgan fingerprint density at radius 2 is 1.94 bits per heavy atom. The van der Waals surface area contributed by atoms with Crippen LogP contribution in [-0.4, -0.2) is 26.7 Å². The van der Waals surface area contributed by atoms with Crippen LogP contribution in [0.2, 0.25) is 0 Å². The van der Waals surface area contributed by atoms with Crippen molar-refractivity contribution in [3.63, 3.8) is 0 Å². The summed E-state index contributed by atoms with van der Waals surface area (Å²) in [6.45, 7) is 7.36. The van der Waals surface area contributed by atoms with E-state index >= 15 is 0 Å². The van der Waals surface area contributed by atoms with Crippen LogP contribution < -0.4 is 0 Å². The topological polar surface area (TPSA) is 60.8 Å². The van der Waals surface area contributed by atoms with E-state index in [1.165, 1.54) is 4.90 Å². The molecule has 0 aliphatic carbocycles. The van der Waals surface area contributed by atoms with Crippen LogP contribution >= 0.6 is 0 Å². The van der Waals surface area contributed by atoms with E-state index in [9.17, 15) is 15.0 Å². The maximum atomic E-state index is 11.3. The first-order valence-electron chi connectivity index (χ1n) is 5.54. The lowest BCUT2D eigenvalue weighted by molar-refractivity contribution is 0.0752. The number of benzene rings is 1. The van der Waals surface area contributed by atoms with Crippen molar-refractivity contribution in [3.05, 3.63) is 29.8 Å². The monoisotopic (exact) mass is 237 g/mol. The Morgan fingerprint density at radius 1 is 1.35 bits per heavy atom. The van der Waals surface area contributed by atoms with Gasteiger partial charge in [-0.05, 0) is 45.4 Å². The fraction of sp³-hybridized carbons (Fsp3) is 0.462. The lowest BCUT2D eigenvalue weighted by atomic mass is 9.99. The van der Waals surface area contributed by atoms with Gasteiger partial charge in [-0.3, -0.25) is 4.90 Å². The summed E-state index contributed by atoms with van der Waals surface area (Å²) < 4.78 is 0. The molecule has 0 saturated carbocycles. The zero-order valence-corrected chi connectivity index (χ0v) is 10.6. The van der Waals surface area contributed by atoms with Gasteiger partial charge in [-0.25, -0.2) is 4.79 Å². The third-order valence-electron chi connectivity index (χ3n) is 2.67. The summed E-state index contributed by atoms with van der Waals surface area (Å²) in [5.74, 6) is 0.147. The summed E-state index contributed by atoms with van der Waals surface area (Å²) >= 11 is 0. The number of carbonyl (C=O) groups is 1. The molecule has 94 valence electrons. The molecule has 0 aliphatic heterocycles. The highest BCUT2D eigenvalue weighted by Gasteiger charge is 2.31. The van der Waals surface area contributed by atoms with Crippen LogP contribution in [0.3, 0.4) is 0 Å². The van der Waals surface area contributed by atoms with E-state index in [-0.39, 0.29) is 11.8 Å².